The fraction of sp³-hybridized carbons (Fsp3) is 0.130. The molecule has 0 spiro atoms. The van der Waals surface area contributed by atoms with Crippen molar-refractivity contribution in [3.8, 4) is 0 Å². The molecule has 0 aliphatic rings. The second-order valence-corrected chi connectivity index (χ2v) is 9.25. The molecule has 0 heterocycles. The first-order valence-corrected chi connectivity index (χ1v) is 11.1. The Labute approximate surface area is 186 Å². The van der Waals surface area contributed by atoms with Crippen LogP contribution in [0, 0.1) is 6.92 Å². The van der Waals surface area contributed by atoms with Gasteiger partial charge >= 0.3 is 5.97 Å². The van der Waals surface area contributed by atoms with Crippen molar-refractivity contribution < 1.29 is 22.7 Å². The molecule has 0 saturated heterocycles. The molecule has 3 rings (SSSR count). The van der Waals surface area contributed by atoms with E-state index in [0.29, 0.717) is 16.3 Å². The lowest BCUT2D eigenvalue weighted by atomic mass is 10.1. The van der Waals surface area contributed by atoms with Crippen molar-refractivity contribution in [1.82, 2.24) is 0 Å². The summed E-state index contributed by atoms with van der Waals surface area (Å²) < 4.78 is 32.2. The molecule has 0 fully saturated rings. The van der Waals surface area contributed by atoms with Crippen LogP contribution in [-0.4, -0.2) is 33.8 Å². The summed E-state index contributed by atoms with van der Waals surface area (Å²) >= 11 is 5.79. The van der Waals surface area contributed by atoms with Crippen LogP contribution >= 0.6 is 11.6 Å². The van der Waals surface area contributed by atoms with E-state index >= 15 is 0 Å². The number of sulfonamides is 1. The zero-order chi connectivity index (χ0) is 22.6. The Kier molecular flexibility index (Phi) is 6.77. The van der Waals surface area contributed by atoms with Gasteiger partial charge < -0.3 is 4.74 Å². The van der Waals surface area contributed by atoms with Crippen molar-refractivity contribution in [1.29, 1.82) is 0 Å². The summed E-state index contributed by atoms with van der Waals surface area (Å²) in [6.07, 6.45) is 0. The van der Waals surface area contributed by atoms with Gasteiger partial charge in [-0.15, -0.1) is 0 Å². The lowest BCUT2D eigenvalue weighted by molar-refractivity contribution is 0.0474. The number of hydrogen-bond acceptors (Lipinski definition) is 5. The number of nitrogens with zero attached hydrogens (tertiary/aromatic N) is 1. The first kappa shape index (κ1) is 22.5. The van der Waals surface area contributed by atoms with Gasteiger partial charge in [0.2, 0.25) is 0 Å². The maximum Gasteiger partial charge on any atom is 0.338 e. The minimum Gasteiger partial charge on any atom is -0.454 e. The van der Waals surface area contributed by atoms with Gasteiger partial charge in [-0.05, 0) is 61.5 Å². The molecule has 0 atom stereocenters. The van der Waals surface area contributed by atoms with E-state index in [0.717, 1.165) is 9.87 Å². The zero-order valence-corrected chi connectivity index (χ0v) is 18.5. The number of halogens is 1. The third-order valence-electron chi connectivity index (χ3n) is 4.63. The first-order valence-electron chi connectivity index (χ1n) is 9.30. The van der Waals surface area contributed by atoms with E-state index in [1.807, 2.05) is 19.1 Å². The van der Waals surface area contributed by atoms with E-state index in [1.54, 1.807) is 24.3 Å². The molecular weight excluding hydrogens is 438 g/mol. The number of carbonyl (C=O) groups is 2. The van der Waals surface area contributed by atoms with Crippen molar-refractivity contribution in [3.05, 3.63) is 94.5 Å². The van der Waals surface area contributed by atoms with Gasteiger partial charge in [0.25, 0.3) is 10.0 Å². The average Bonchev–Trinajstić information content (AvgIpc) is 2.77. The first-order chi connectivity index (χ1) is 14.7. The minimum absolute atomic E-state index is 0.0299. The van der Waals surface area contributed by atoms with Crippen LogP contribution in [0.15, 0.2) is 77.7 Å². The van der Waals surface area contributed by atoms with E-state index < -0.39 is 28.4 Å². The normalized spacial score (nSPS) is 11.1. The highest BCUT2D eigenvalue weighted by molar-refractivity contribution is 7.92. The molecule has 3 aromatic rings. The second kappa shape index (κ2) is 9.32. The third kappa shape index (κ3) is 5.31. The fourth-order valence-electron chi connectivity index (χ4n) is 2.77. The van der Waals surface area contributed by atoms with E-state index in [1.165, 1.54) is 43.4 Å². The van der Waals surface area contributed by atoms with Crippen LogP contribution in [0.1, 0.15) is 26.3 Å². The monoisotopic (exact) mass is 457 g/mol. The summed E-state index contributed by atoms with van der Waals surface area (Å²) in [6, 6.07) is 18.7. The molecule has 8 heteroatoms. The number of esters is 1. The Balaban J connectivity index is 1.74. The summed E-state index contributed by atoms with van der Waals surface area (Å²) in [5, 5.41) is 0.488. The smallest absolute Gasteiger partial charge is 0.338 e. The summed E-state index contributed by atoms with van der Waals surface area (Å²) in [6.45, 7) is 1.44. The Hall–Kier alpha value is -3.16. The number of hydrogen-bond donors (Lipinski definition) is 0. The number of Topliss-reactive ketones (excluding diaryl/α,β-unsaturated/α-hetero) is 1. The molecule has 0 bridgehead atoms. The van der Waals surface area contributed by atoms with E-state index in [4.69, 9.17) is 16.3 Å². The highest BCUT2D eigenvalue weighted by atomic mass is 35.5. The Morgan fingerprint density at radius 2 is 1.58 bits per heavy atom. The molecule has 0 unspecified atom stereocenters. The average molecular weight is 458 g/mol. The highest BCUT2D eigenvalue weighted by Gasteiger charge is 2.23. The number of anilines is 1. The molecule has 160 valence electrons. The maximum absolute atomic E-state index is 13.0. The predicted octanol–water partition coefficient (Wildman–Crippen LogP) is 4.51. The number of benzene rings is 3. The van der Waals surface area contributed by atoms with Gasteiger partial charge in [0.15, 0.2) is 12.4 Å². The summed E-state index contributed by atoms with van der Waals surface area (Å²) in [4.78, 5) is 24.5. The van der Waals surface area contributed by atoms with Crippen molar-refractivity contribution >= 4 is 39.1 Å². The molecule has 3 aromatic carbocycles. The van der Waals surface area contributed by atoms with E-state index in [2.05, 4.69) is 0 Å². The summed E-state index contributed by atoms with van der Waals surface area (Å²) in [7, 11) is -2.45. The van der Waals surface area contributed by atoms with Crippen molar-refractivity contribution in [3.63, 3.8) is 0 Å². The largest absolute Gasteiger partial charge is 0.454 e. The summed E-state index contributed by atoms with van der Waals surface area (Å²) in [5.41, 5.74) is 1.88. The number of ether oxygens (including phenoxy) is 1. The van der Waals surface area contributed by atoms with Gasteiger partial charge in [-0.1, -0.05) is 35.4 Å². The van der Waals surface area contributed by atoms with Crippen LogP contribution < -0.4 is 4.31 Å². The highest BCUT2D eigenvalue weighted by Crippen LogP contribution is 2.23. The number of rotatable bonds is 7. The Morgan fingerprint density at radius 1 is 0.935 bits per heavy atom. The van der Waals surface area contributed by atoms with Crippen LogP contribution in [0.4, 0.5) is 5.69 Å². The second-order valence-electron chi connectivity index (χ2n) is 6.84. The quantitative estimate of drug-likeness (QED) is 0.385. The molecule has 0 aromatic heterocycles. The number of carbonyl (C=O) groups excluding carboxylic acids is 2. The van der Waals surface area contributed by atoms with Crippen LogP contribution in [0.2, 0.25) is 5.02 Å². The van der Waals surface area contributed by atoms with Gasteiger partial charge in [-0.2, -0.15) is 0 Å². The molecule has 0 N–H and O–H groups in total. The molecule has 6 nitrogen and oxygen atoms in total. The van der Waals surface area contributed by atoms with Crippen LogP contribution in [0.3, 0.4) is 0 Å². The molecule has 0 saturated carbocycles. The van der Waals surface area contributed by atoms with Crippen LogP contribution in [0.25, 0.3) is 0 Å². The van der Waals surface area contributed by atoms with Gasteiger partial charge in [0, 0.05) is 17.6 Å². The molecule has 31 heavy (non-hydrogen) atoms. The lowest BCUT2D eigenvalue weighted by Crippen LogP contribution is -2.26. The van der Waals surface area contributed by atoms with Crippen LogP contribution in [0.5, 0.6) is 0 Å². The standard InChI is InChI=1S/C23H20ClNO5S/c1-16-6-12-20(13-7-16)25(2)31(28,29)21-5-3-4-18(14-21)23(27)30-15-22(26)17-8-10-19(24)11-9-17/h3-14H,15H2,1-2H3. The van der Waals surface area contributed by atoms with Gasteiger partial charge in [0.1, 0.15) is 0 Å². The van der Waals surface area contributed by atoms with E-state index in [9.17, 15) is 18.0 Å². The molecular formula is C23H20ClNO5S. The molecule has 0 amide bonds. The fourth-order valence-corrected chi connectivity index (χ4v) is 4.14. The van der Waals surface area contributed by atoms with Crippen molar-refractivity contribution in [2.24, 2.45) is 0 Å². The minimum atomic E-state index is -3.89. The lowest BCUT2D eigenvalue weighted by Gasteiger charge is -2.20. The van der Waals surface area contributed by atoms with Gasteiger partial charge in [0.05, 0.1) is 16.1 Å². The molecule has 0 radical (unpaired) electrons. The predicted molar refractivity (Wildman–Crippen MR) is 119 cm³/mol. The van der Waals surface area contributed by atoms with Crippen molar-refractivity contribution in [2.45, 2.75) is 11.8 Å². The summed E-state index contributed by atoms with van der Waals surface area (Å²) in [5.74, 6) is -1.19. The van der Waals surface area contributed by atoms with E-state index in [-0.39, 0.29) is 10.5 Å². The number of ketones is 1. The SMILES string of the molecule is Cc1ccc(N(C)S(=O)(=O)c2cccc(C(=O)OCC(=O)c3ccc(Cl)cc3)c2)cc1. The maximum atomic E-state index is 13.0. The molecule has 0 aliphatic heterocycles. The number of aryl methyl sites for hydroxylation is 1. The topological polar surface area (TPSA) is 80.8 Å². The zero-order valence-electron chi connectivity index (χ0n) is 16.9. The Morgan fingerprint density at radius 3 is 2.23 bits per heavy atom. The third-order valence-corrected chi connectivity index (χ3v) is 6.66. The van der Waals surface area contributed by atoms with Gasteiger partial charge in [-0.25, -0.2) is 13.2 Å². The van der Waals surface area contributed by atoms with Gasteiger partial charge in [-0.3, -0.25) is 9.10 Å². The van der Waals surface area contributed by atoms with Crippen LogP contribution in [-0.2, 0) is 14.8 Å². The Bertz CT molecular complexity index is 1210. The van der Waals surface area contributed by atoms with Crippen molar-refractivity contribution in [2.75, 3.05) is 18.0 Å². The molecule has 0 aliphatic carbocycles.